The minimum atomic E-state index is -0.114. The lowest BCUT2D eigenvalue weighted by Gasteiger charge is -2.06. The summed E-state index contributed by atoms with van der Waals surface area (Å²) in [6, 6.07) is 3.64. The second-order valence-corrected chi connectivity index (χ2v) is 6.72. The van der Waals surface area contributed by atoms with Crippen LogP contribution in [0.25, 0.3) is 0 Å². The number of halogens is 2. The molecule has 1 amide bonds. The third kappa shape index (κ3) is 3.69. The van der Waals surface area contributed by atoms with Gasteiger partial charge >= 0.3 is 0 Å². The van der Waals surface area contributed by atoms with Crippen molar-refractivity contribution in [1.29, 1.82) is 0 Å². The van der Waals surface area contributed by atoms with Crippen molar-refractivity contribution >= 4 is 29.1 Å². The van der Waals surface area contributed by atoms with Crippen molar-refractivity contribution in [1.82, 2.24) is 10.3 Å². The van der Waals surface area contributed by atoms with Crippen molar-refractivity contribution in [3.63, 3.8) is 0 Å². The molecule has 1 heterocycles. The number of nitrogens with zero attached hydrogens (tertiary/aromatic N) is 1. The number of nitrogens with one attached hydrogen (secondary N) is 1. The molecule has 2 rings (SSSR count). The van der Waals surface area contributed by atoms with Gasteiger partial charge in [-0.15, -0.1) is 0 Å². The molecule has 1 aromatic rings. The monoisotopic (exact) mass is 328 g/mol. The second-order valence-electron chi connectivity index (χ2n) is 5.71. The lowest BCUT2D eigenvalue weighted by atomic mass is 10.1. The molecular formula is C15H18Cl2N2O2. The van der Waals surface area contributed by atoms with Gasteiger partial charge in [0.2, 0.25) is 11.8 Å². The molecule has 4 nitrogen and oxygen atoms in total. The van der Waals surface area contributed by atoms with Gasteiger partial charge in [0, 0.05) is 18.8 Å². The number of ether oxygens (including phenoxy) is 1. The van der Waals surface area contributed by atoms with Crippen LogP contribution in [0.1, 0.15) is 19.4 Å². The normalized spacial score (nSPS) is 22.3. The number of carbonyl (C=O) groups is 1. The van der Waals surface area contributed by atoms with Crippen molar-refractivity contribution in [3.8, 4) is 5.88 Å². The van der Waals surface area contributed by atoms with Crippen molar-refractivity contribution in [3.05, 3.63) is 34.5 Å². The molecular weight excluding hydrogens is 311 g/mol. The standard InChI is InChI=1S/C15H18Cl2N2O2/c1-15(2)10(6-11(16)17)13(15)14(20)19-8-9-4-5-12(21-3)18-7-9/h4-7,10,13H,8H2,1-3H3,(H,19,20). The van der Waals surface area contributed by atoms with Crippen molar-refractivity contribution in [2.45, 2.75) is 20.4 Å². The third-order valence-electron chi connectivity index (χ3n) is 3.97. The second kappa shape index (κ2) is 6.24. The fraction of sp³-hybridized carbons (Fsp3) is 0.467. The molecule has 0 aromatic carbocycles. The zero-order valence-corrected chi connectivity index (χ0v) is 13.7. The van der Waals surface area contributed by atoms with Gasteiger partial charge < -0.3 is 10.1 Å². The number of rotatable bonds is 5. The molecule has 0 radical (unpaired) electrons. The smallest absolute Gasteiger partial charge is 0.224 e. The molecule has 1 N–H and O–H groups in total. The number of aromatic nitrogens is 1. The molecule has 1 aliphatic rings. The fourth-order valence-corrected chi connectivity index (χ4v) is 2.83. The summed E-state index contributed by atoms with van der Waals surface area (Å²) in [4.78, 5) is 16.3. The highest BCUT2D eigenvalue weighted by Gasteiger charge is 2.60. The summed E-state index contributed by atoms with van der Waals surface area (Å²) in [7, 11) is 1.56. The zero-order chi connectivity index (χ0) is 15.6. The van der Waals surface area contributed by atoms with Crippen LogP contribution in [0, 0.1) is 17.3 Å². The molecule has 114 valence electrons. The van der Waals surface area contributed by atoms with Gasteiger partial charge in [-0.05, 0) is 23.0 Å². The quantitative estimate of drug-likeness (QED) is 0.902. The maximum atomic E-state index is 12.2. The highest BCUT2D eigenvalue weighted by Crippen LogP contribution is 2.59. The summed E-state index contributed by atoms with van der Waals surface area (Å²) in [5, 5.41) is 2.92. The Morgan fingerprint density at radius 2 is 2.19 bits per heavy atom. The van der Waals surface area contributed by atoms with E-state index in [1.807, 2.05) is 19.9 Å². The molecule has 0 spiro atoms. The number of carbonyl (C=O) groups excluding carboxylic acids is 1. The molecule has 21 heavy (non-hydrogen) atoms. The summed E-state index contributed by atoms with van der Waals surface area (Å²) in [6.45, 7) is 4.50. The molecule has 1 aliphatic carbocycles. The van der Waals surface area contributed by atoms with E-state index < -0.39 is 0 Å². The summed E-state index contributed by atoms with van der Waals surface area (Å²) in [5.41, 5.74) is 0.808. The maximum absolute atomic E-state index is 12.2. The molecule has 1 aromatic heterocycles. The summed E-state index contributed by atoms with van der Waals surface area (Å²) >= 11 is 11.4. The minimum Gasteiger partial charge on any atom is -0.481 e. The Hall–Kier alpha value is -1.26. The third-order valence-corrected chi connectivity index (χ3v) is 4.22. The highest BCUT2D eigenvalue weighted by molar-refractivity contribution is 6.55. The van der Waals surface area contributed by atoms with Gasteiger partial charge in [0.05, 0.1) is 13.0 Å². The van der Waals surface area contributed by atoms with E-state index in [1.165, 1.54) is 0 Å². The lowest BCUT2D eigenvalue weighted by Crippen LogP contribution is -2.26. The number of allylic oxidation sites excluding steroid dienone is 1. The van der Waals surface area contributed by atoms with Gasteiger partial charge in [-0.2, -0.15) is 0 Å². The van der Waals surface area contributed by atoms with Crippen LogP contribution in [0.3, 0.4) is 0 Å². The highest BCUT2D eigenvalue weighted by atomic mass is 35.5. The van der Waals surface area contributed by atoms with E-state index in [2.05, 4.69) is 10.3 Å². The predicted octanol–water partition coefficient (Wildman–Crippen LogP) is 3.30. The molecule has 0 bridgehead atoms. The van der Waals surface area contributed by atoms with Crippen LogP contribution in [-0.4, -0.2) is 18.0 Å². The fourth-order valence-electron chi connectivity index (χ4n) is 2.56. The van der Waals surface area contributed by atoms with Gasteiger partial charge in [-0.3, -0.25) is 4.79 Å². The molecule has 1 saturated carbocycles. The number of hydrogen-bond acceptors (Lipinski definition) is 3. The van der Waals surface area contributed by atoms with E-state index >= 15 is 0 Å². The van der Waals surface area contributed by atoms with Crippen molar-refractivity contribution in [2.24, 2.45) is 17.3 Å². The van der Waals surface area contributed by atoms with E-state index in [0.29, 0.717) is 12.4 Å². The van der Waals surface area contributed by atoms with Crippen molar-refractivity contribution in [2.75, 3.05) is 7.11 Å². The molecule has 6 heteroatoms. The zero-order valence-electron chi connectivity index (χ0n) is 12.2. The van der Waals surface area contributed by atoms with E-state index in [0.717, 1.165) is 5.56 Å². The van der Waals surface area contributed by atoms with E-state index in [4.69, 9.17) is 27.9 Å². The van der Waals surface area contributed by atoms with E-state index in [9.17, 15) is 4.79 Å². The first-order valence-electron chi connectivity index (χ1n) is 6.65. The SMILES string of the molecule is COc1ccc(CNC(=O)C2C(C=C(Cl)Cl)C2(C)C)cn1. The Morgan fingerprint density at radius 1 is 1.48 bits per heavy atom. The van der Waals surface area contributed by atoms with Gasteiger partial charge in [-0.25, -0.2) is 4.98 Å². The van der Waals surface area contributed by atoms with Crippen LogP contribution in [0.2, 0.25) is 0 Å². The maximum Gasteiger partial charge on any atom is 0.224 e. The number of methoxy groups -OCH3 is 1. The Bertz CT molecular complexity index is 551. The summed E-state index contributed by atoms with van der Waals surface area (Å²) < 4.78 is 5.20. The molecule has 0 aliphatic heterocycles. The first-order chi connectivity index (χ1) is 9.86. The van der Waals surface area contributed by atoms with Gasteiger partial charge in [0.1, 0.15) is 4.49 Å². The van der Waals surface area contributed by atoms with Crippen LogP contribution in [-0.2, 0) is 11.3 Å². The number of amides is 1. The minimum absolute atomic E-state index is 0.00616. The lowest BCUT2D eigenvalue weighted by molar-refractivity contribution is -0.123. The van der Waals surface area contributed by atoms with Crippen LogP contribution in [0.5, 0.6) is 5.88 Å². The van der Waals surface area contributed by atoms with Crippen LogP contribution >= 0.6 is 23.2 Å². The summed E-state index contributed by atoms with van der Waals surface area (Å²) in [6.07, 6.45) is 3.42. The molecule has 1 fully saturated rings. The summed E-state index contributed by atoms with van der Waals surface area (Å²) in [5.74, 6) is 0.537. The Balaban J connectivity index is 1.92. The molecule has 2 atom stereocenters. The van der Waals surface area contributed by atoms with Crippen molar-refractivity contribution < 1.29 is 9.53 Å². The van der Waals surface area contributed by atoms with Crippen LogP contribution in [0.4, 0.5) is 0 Å². The first-order valence-corrected chi connectivity index (χ1v) is 7.41. The van der Waals surface area contributed by atoms with Gasteiger partial charge in [0.15, 0.2) is 0 Å². The number of pyridine rings is 1. The largest absolute Gasteiger partial charge is 0.481 e. The van der Waals surface area contributed by atoms with Gasteiger partial charge in [-0.1, -0.05) is 43.1 Å². The molecule has 0 saturated heterocycles. The van der Waals surface area contributed by atoms with Crippen LogP contribution < -0.4 is 10.1 Å². The average Bonchev–Trinajstić information content (AvgIpc) is 2.97. The Morgan fingerprint density at radius 3 is 2.71 bits per heavy atom. The average molecular weight is 329 g/mol. The Kier molecular flexibility index (Phi) is 4.79. The number of hydrogen-bond donors (Lipinski definition) is 1. The van der Waals surface area contributed by atoms with E-state index in [-0.39, 0.29) is 27.6 Å². The Labute approximate surface area is 134 Å². The van der Waals surface area contributed by atoms with E-state index in [1.54, 1.807) is 25.4 Å². The van der Waals surface area contributed by atoms with Crippen LogP contribution in [0.15, 0.2) is 28.9 Å². The topological polar surface area (TPSA) is 51.2 Å². The molecule has 2 unspecified atom stereocenters. The first kappa shape index (κ1) is 16.1. The van der Waals surface area contributed by atoms with Gasteiger partial charge in [0.25, 0.3) is 0 Å². The predicted molar refractivity (Wildman–Crippen MR) is 83.2 cm³/mol.